The van der Waals surface area contributed by atoms with Crippen molar-refractivity contribution >= 4 is 43.4 Å². The summed E-state index contributed by atoms with van der Waals surface area (Å²) in [5, 5.41) is 7.88. The Kier molecular flexibility index (Phi) is 2.52. The molecule has 118 valence electrons. The summed E-state index contributed by atoms with van der Waals surface area (Å²) in [5.74, 6) is 0. The fourth-order valence-corrected chi connectivity index (χ4v) is 4.08. The molecule has 2 N–H and O–H groups in total. The molecule has 3 aromatic carbocycles. The van der Waals surface area contributed by atoms with Gasteiger partial charge in [0.2, 0.25) is 0 Å². The van der Waals surface area contributed by atoms with Crippen LogP contribution in [0, 0.1) is 27.7 Å². The lowest BCUT2D eigenvalue weighted by molar-refractivity contribution is 1.26. The highest BCUT2D eigenvalue weighted by molar-refractivity contribution is 6.21. The van der Waals surface area contributed by atoms with E-state index in [0.717, 1.165) is 0 Å². The van der Waals surface area contributed by atoms with Crippen LogP contribution in [0.3, 0.4) is 0 Å². The van der Waals surface area contributed by atoms with Crippen molar-refractivity contribution in [2.45, 2.75) is 27.7 Å². The van der Waals surface area contributed by atoms with Gasteiger partial charge in [0.1, 0.15) is 0 Å². The molecule has 0 atom stereocenters. The van der Waals surface area contributed by atoms with Gasteiger partial charge in [-0.25, -0.2) is 0 Å². The zero-order valence-electron chi connectivity index (χ0n) is 14.5. The Morgan fingerprint density at radius 2 is 0.792 bits per heavy atom. The third kappa shape index (κ3) is 1.56. The third-order valence-corrected chi connectivity index (χ3v) is 5.76. The number of fused-ring (bicyclic) bond motifs is 7. The minimum Gasteiger partial charge on any atom is -0.358 e. The van der Waals surface area contributed by atoms with E-state index in [4.69, 9.17) is 0 Å². The van der Waals surface area contributed by atoms with Gasteiger partial charge in [0, 0.05) is 32.9 Å². The second-order valence-electron chi connectivity index (χ2n) is 6.98. The first-order chi connectivity index (χ1) is 11.6. The first-order valence-corrected chi connectivity index (χ1v) is 8.48. The third-order valence-electron chi connectivity index (χ3n) is 5.76. The highest BCUT2D eigenvalue weighted by atomic mass is 14.7. The molecule has 24 heavy (non-hydrogen) atoms. The average molecular weight is 312 g/mol. The van der Waals surface area contributed by atoms with Crippen LogP contribution in [-0.2, 0) is 0 Å². The Balaban J connectivity index is 2.00. The number of H-pyrrole nitrogens is 2. The Bertz CT molecular complexity index is 1180. The average Bonchev–Trinajstić information content (AvgIpc) is 3.04. The Morgan fingerprint density at radius 1 is 0.458 bits per heavy atom. The van der Waals surface area contributed by atoms with Crippen LogP contribution in [-0.4, -0.2) is 9.97 Å². The molecule has 0 saturated carbocycles. The summed E-state index contributed by atoms with van der Waals surface area (Å²) >= 11 is 0. The summed E-state index contributed by atoms with van der Waals surface area (Å²) in [4.78, 5) is 7.15. The van der Waals surface area contributed by atoms with E-state index in [1.807, 2.05) is 0 Å². The van der Waals surface area contributed by atoms with Crippen molar-refractivity contribution in [2.24, 2.45) is 0 Å². The summed E-state index contributed by atoms with van der Waals surface area (Å²) in [6.07, 6.45) is 0. The minimum absolute atomic E-state index is 1.25. The number of aryl methyl sites for hydroxylation is 4. The molecule has 0 aliphatic carbocycles. The Hall–Kier alpha value is -2.74. The molecule has 2 heterocycles. The van der Waals surface area contributed by atoms with Crippen LogP contribution in [0.25, 0.3) is 43.4 Å². The summed E-state index contributed by atoms with van der Waals surface area (Å²) in [5.41, 5.74) is 7.70. The van der Waals surface area contributed by atoms with Crippen LogP contribution in [0.2, 0.25) is 0 Å². The maximum atomic E-state index is 3.58. The zero-order valence-corrected chi connectivity index (χ0v) is 14.5. The van der Waals surface area contributed by atoms with E-state index < -0.39 is 0 Å². The maximum Gasteiger partial charge on any atom is 0.0538 e. The van der Waals surface area contributed by atoms with E-state index in [2.05, 4.69) is 74.1 Å². The molecular weight excluding hydrogens is 292 g/mol. The molecule has 0 spiro atoms. The quantitative estimate of drug-likeness (QED) is 0.320. The predicted octanol–water partition coefficient (Wildman–Crippen LogP) is 6.19. The molecule has 0 unspecified atom stereocenters. The largest absolute Gasteiger partial charge is 0.358 e. The summed E-state index contributed by atoms with van der Waals surface area (Å²) < 4.78 is 0. The molecule has 0 radical (unpaired) electrons. The first kappa shape index (κ1) is 13.7. The molecular formula is C22H20N2. The highest BCUT2D eigenvalue weighted by Gasteiger charge is 2.12. The molecule has 0 fully saturated rings. The van der Waals surface area contributed by atoms with Gasteiger partial charge < -0.3 is 9.97 Å². The summed E-state index contributed by atoms with van der Waals surface area (Å²) in [7, 11) is 0. The van der Waals surface area contributed by atoms with Crippen molar-refractivity contribution in [1.82, 2.24) is 9.97 Å². The van der Waals surface area contributed by atoms with Crippen molar-refractivity contribution in [2.75, 3.05) is 0 Å². The van der Waals surface area contributed by atoms with Crippen LogP contribution in [0.5, 0.6) is 0 Å². The zero-order chi connectivity index (χ0) is 16.6. The highest BCUT2D eigenvalue weighted by Crippen LogP contribution is 2.36. The molecule has 0 aliphatic rings. The molecule has 5 aromatic rings. The SMILES string of the molecule is Cc1[nH]c2c(ccc3c4ccc5c(C)c(C)[nH]c5c4ccc32)c1C. The van der Waals surface area contributed by atoms with E-state index >= 15 is 0 Å². The predicted molar refractivity (Wildman–Crippen MR) is 104 cm³/mol. The molecule has 0 amide bonds. The number of aromatic nitrogens is 2. The maximum absolute atomic E-state index is 3.58. The van der Waals surface area contributed by atoms with Gasteiger partial charge >= 0.3 is 0 Å². The molecule has 2 nitrogen and oxygen atoms in total. The van der Waals surface area contributed by atoms with Gasteiger partial charge in [-0.3, -0.25) is 0 Å². The van der Waals surface area contributed by atoms with Crippen molar-refractivity contribution in [3.8, 4) is 0 Å². The minimum atomic E-state index is 1.25. The monoisotopic (exact) mass is 312 g/mol. The van der Waals surface area contributed by atoms with Gasteiger partial charge in [0.15, 0.2) is 0 Å². The van der Waals surface area contributed by atoms with Crippen LogP contribution >= 0.6 is 0 Å². The normalized spacial score (nSPS) is 12.2. The van der Waals surface area contributed by atoms with Crippen LogP contribution in [0.4, 0.5) is 0 Å². The standard InChI is InChI=1S/C22H20N2/c1-11-13(3)23-21-15(11)5-7-17-18-8-6-16-12(2)14(4)24-22(16)20(18)10-9-19(17)21/h5-10,23-24H,1-4H3. The van der Waals surface area contributed by atoms with E-state index in [0.29, 0.717) is 0 Å². The van der Waals surface area contributed by atoms with Crippen molar-refractivity contribution in [3.63, 3.8) is 0 Å². The molecule has 2 aromatic heterocycles. The van der Waals surface area contributed by atoms with Crippen molar-refractivity contribution in [1.29, 1.82) is 0 Å². The lowest BCUT2D eigenvalue weighted by atomic mass is 9.97. The van der Waals surface area contributed by atoms with Gasteiger partial charge in [-0.15, -0.1) is 0 Å². The number of hydrogen-bond donors (Lipinski definition) is 2. The fourth-order valence-electron chi connectivity index (χ4n) is 4.08. The summed E-state index contributed by atoms with van der Waals surface area (Å²) in [6.45, 7) is 8.68. The van der Waals surface area contributed by atoms with E-state index in [9.17, 15) is 0 Å². The first-order valence-electron chi connectivity index (χ1n) is 8.48. The summed E-state index contributed by atoms with van der Waals surface area (Å²) in [6, 6.07) is 13.6. The van der Waals surface area contributed by atoms with Crippen LogP contribution in [0.1, 0.15) is 22.5 Å². The van der Waals surface area contributed by atoms with Gasteiger partial charge in [-0.1, -0.05) is 36.4 Å². The van der Waals surface area contributed by atoms with Gasteiger partial charge in [-0.05, 0) is 49.6 Å². The second kappa shape index (κ2) is 4.41. The fraction of sp³-hybridized carbons (Fsp3) is 0.182. The van der Waals surface area contributed by atoms with Crippen molar-refractivity contribution in [3.05, 3.63) is 58.9 Å². The number of nitrogens with one attached hydrogen (secondary N) is 2. The number of rotatable bonds is 0. The Morgan fingerprint density at radius 3 is 1.21 bits per heavy atom. The van der Waals surface area contributed by atoms with Crippen LogP contribution < -0.4 is 0 Å². The van der Waals surface area contributed by atoms with Gasteiger partial charge in [0.05, 0.1) is 11.0 Å². The van der Waals surface area contributed by atoms with Crippen molar-refractivity contribution < 1.29 is 0 Å². The van der Waals surface area contributed by atoms with Crippen LogP contribution in [0.15, 0.2) is 36.4 Å². The molecule has 2 heteroatoms. The lowest BCUT2D eigenvalue weighted by Crippen LogP contribution is -1.82. The number of aromatic amines is 2. The van der Waals surface area contributed by atoms with E-state index in [1.54, 1.807) is 0 Å². The molecule has 0 aliphatic heterocycles. The molecule has 0 saturated heterocycles. The van der Waals surface area contributed by atoms with E-state index in [-0.39, 0.29) is 0 Å². The van der Waals surface area contributed by atoms with E-state index in [1.165, 1.54) is 65.9 Å². The number of hydrogen-bond acceptors (Lipinski definition) is 0. The number of benzene rings is 3. The smallest absolute Gasteiger partial charge is 0.0538 e. The van der Waals surface area contributed by atoms with Gasteiger partial charge in [-0.2, -0.15) is 0 Å². The molecule has 0 bridgehead atoms. The second-order valence-corrected chi connectivity index (χ2v) is 6.98. The lowest BCUT2D eigenvalue weighted by Gasteiger charge is -2.07. The van der Waals surface area contributed by atoms with Gasteiger partial charge in [0.25, 0.3) is 0 Å². The molecule has 5 rings (SSSR count). The Labute approximate surface area is 140 Å². The topological polar surface area (TPSA) is 31.6 Å².